The Morgan fingerprint density at radius 2 is 2.29 bits per heavy atom. The van der Waals surface area contributed by atoms with Crippen molar-refractivity contribution in [3.8, 4) is 10.8 Å². The van der Waals surface area contributed by atoms with E-state index in [2.05, 4.69) is 5.10 Å². The lowest BCUT2D eigenvalue weighted by atomic mass is 10.5. The number of aromatic nitrogens is 2. The molecular formula is C9H10N2O4S2. The maximum Gasteiger partial charge on any atom is 0.437 e. The summed E-state index contributed by atoms with van der Waals surface area (Å²) in [4.78, 5) is 12.1. The maximum atomic E-state index is 11.4. The number of thiophene rings is 1. The monoisotopic (exact) mass is 274 g/mol. The van der Waals surface area contributed by atoms with E-state index < -0.39 is 15.6 Å². The number of aryl methyl sites for hydroxylation is 1. The second-order valence-electron chi connectivity index (χ2n) is 3.50. The third-order valence-corrected chi connectivity index (χ3v) is 3.79. The number of nitrogens with zero attached hydrogens (tertiary/aromatic N) is 2. The van der Waals surface area contributed by atoms with Crippen molar-refractivity contribution in [2.24, 2.45) is 0 Å². The fourth-order valence-corrected chi connectivity index (χ4v) is 2.35. The lowest BCUT2D eigenvalue weighted by Gasteiger charge is -1.95. The van der Waals surface area contributed by atoms with Crippen molar-refractivity contribution in [2.75, 3.05) is 12.0 Å². The van der Waals surface area contributed by atoms with Crippen molar-refractivity contribution >= 4 is 21.2 Å². The van der Waals surface area contributed by atoms with E-state index in [9.17, 15) is 13.2 Å². The fraction of sp³-hybridized carbons (Fsp3) is 0.333. The number of sulfone groups is 1. The van der Waals surface area contributed by atoms with Gasteiger partial charge in [0.05, 0.1) is 17.2 Å². The first-order chi connectivity index (χ1) is 7.96. The molecule has 0 aliphatic rings. The van der Waals surface area contributed by atoms with Crippen molar-refractivity contribution in [3.05, 3.63) is 28.1 Å². The van der Waals surface area contributed by atoms with Gasteiger partial charge in [-0.2, -0.15) is 4.68 Å². The van der Waals surface area contributed by atoms with Crippen LogP contribution in [0.1, 0.15) is 0 Å². The summed E-state index contributed by atoms with van der Waals surface area (Å²) in [5, 5.41) is 5.78. The Bertz CT molecular complexity index is 651. The molecule has 92 valence electrons. The molecule has 17 heavy (non-hydrogen) atoms. The fourth-order valence-electron chi connectivity index (χ4n) is 1.20. The van der Waals surface area contributed by atoms with Crippen molar-refractivity contribution in [2.45, 2.75) is 6.54 Å². The molecule has 0 aromatic carbocycles. The highest BCUT2D eigenvalue weighted by atomic mass is 32.2. The van der Waals surface area contributed by atoms with Crippen LogP contribution >= 0.6 is 11.3 Å². The summed E-state index contributed by atoms with van der Waals surface area (Å²) in [6.45, 7) is 0.00649. The standard InChI is InChI=1S/C9H10N2O4S2/c1-17(13,14)6-4-11-9(12)15-8(10-11)7-3-2-5-16-7/h2-3,5H,4,6H2,1H3. The highest BCUT2D eigenvalue weighted by Crippen LogP contribution is 2.20. The van der Waals surface area contributed by atoms with Gasteiger partial charge in [0, 0.05) is 6.26 Å². The molecule has 0 aliphatic heterocycles. The van der Waals surface area contributed by atoms with Crippen LogP contribution in [0.3, 0.4) is 0 Å². The summed E-state index contributed by atoms with van der Waals surface area (Å²) in [5.41, 5.74) is 0. The molecule has 0 fully saturated rings. The number of hydrogen-bond acceptors (Lipinski definition) is 6. The Hall–Kier alpha value is -1.41. The average Bonchev–Trinajstić information content (AvgIpc) is 2.82. The van der Waals surface area contributed by atoms with Gasteiger partial charge < -0.3 is 4.42 Å². The van der Waals surface area contributed by atoms with E-state index in [-0.39, 0.29) is 18.2 Å². The zero-order valence-corrected chi connectivity index (χ0v) is 10.6. The summed E-state index contributed by atoms with van der Waals surface area (Å²) in [5.74, 6) is -0.556. The average molecular weight is 274 g/mol. The van der Waals surface area contributed by atoms with Crippen LogP contribution in [0.15, 0.2) is 26.7 Å². The molecule has 0 amide bonds. The molecule has 0 unspecified atom stereocenters. The van der Waals surface area contributed by atoms with Crippen LogP contribution in [-0.4, -0.2) is 30.2 Å². The third kappa shape index (κ3) is 3.04. The van der Waals surface area contributed by atoms with Gasteiger partial charge in [-0.15, -0.1) is 16.4 Å². The summed E-state index contributed by atoms with van der Waals surface area (Å²) in [7, 11) is -3.12. The van der Waals surface area contributed by atoms with Crippen LogP contribution in [-0.2, 0) is 16.4 Å². The summed E-state index contributed by atoms with van der Waals surface area (Å²) in [6.07, 6.45) is 1.11. The second-order valence-corrected chi connectivity index (χ2v) is 6.71. The largest absolute Gasteiger partial charge is 0.437 e. The van der Waals surface area contributed by atoms with Crippen molar-refractivity contribution < 1.29 is 12.8 Å². The first-order valence-corrected chi connectivity index (χ1v) is 7.69. The van der Waals surface area contributed by atoms with E-state index in [1.807, 2.05) is 11.4 Å². The molecule has 8 heteroatoms. The molecule has 2 aromatic rings. The van der Waals surface area contributed by atoms with Gasteiger partial charge in [0.2, 0.25) is 0 Å². The number of rotatable bonds is 4. The highest BCUT2D eigenvalue weighted by Gasteiger charge is 2.12. The molecule has 6 nitrogen and oxygen atoms in total. The zero-order valence-electron chi connectivity index (χ0n) is 8.99. The SMILES string of the molecule is CS(=O)(=O)CCn1nc(-c2cccs2)oc1=O. The van der Waals surface area contributed by atoms with Crippen LogP contribution < -0.4 is 5.76 Å². The van der Waals surface area contributed by atoms with Crippen LogP contribution in [0.25, 0.3) is 10.8 Å². The lowest BCUT2D eigenvalue weighted by molar-refractivity contribution is 0.489. The van der Waals surface area contributed by atoms with E-state index in [0.717, 1.165) is 15.8 Å². The smallest absolute Gasteiger partial charge is 0.387 e. The van der Waals surface area contributed by atoms with E-state index in [1.54, 1.807) is 6.07 Å². The van der Waals surface area contributed by atoms with Gasteiger partial charge in [-0.25, -0.2) is 13.2 Å². The molecular weight excluding hydrogens is 264 g/mol. The predicted octanol–water partition coefficient (Wildman–Crippen LogP) is 0.609. The van der Waals surface area contributed by atoms with Crippen LogP contribution in [0.5, 0.6) is 0 Å². The normalized spacial score (nSPS) is 11.8. The quantitative estimate of drug-likeness (QED) is 0.815. The molecule has 0 N–H and O–H groups in total. The van der Waals surface area contributed by atoms with Crippen molar-refractivity contribution in [1.29, 1.82) is 0 Å². The molecule has 2 rings (SSSR count). The minimum Gasteiger partial charge on any atom is -0.387 e. The van der Waals surface area contributed by atoms with Gasteiger partial charge in [0.1, 0.15) is 9.84 Å². The number of hydrogen-bond donors (Lipinski definition) is 0. The molecule has 2 aromatic heterocycles. The Morgan fingerprint density at radius 1 is 1.53 bits per heavy atom. The third-order valence-electron chi connectivity index (χ3n) is 2.01. The van der Waals surface area contributed by atoms with Crippen LogP contribution in [0.2, 0.25) is 0 Å². The molecule has 0 saturated carbocycles. The Balaban J connectivity index is 2.23. The van der Waals surface area contributed by atoms with Crippen LogP contribution in [0.4, 0.5) is 0 Å². The van der Waals surface area contributed by atoms with Gasteiger partial charge >= 0.3 is 5.76 Å². The zero-order chi connectivity index (χ0) is 12.5. The maximum absolute atomic E-state index is 11.4. The lowest BCUT2D eigenvalue weighted by Crippen LogP contribution is -2.21. The summed E-state index contributed by atoms with van der Waals surface area (Å²) in [6, 6.07) is 3.59. The van der Waals surface area contributed by atoms with Crippen molar-refractivity contribution in [3.63, 3.8) is 0 Å². The highest BCUT2D eigenvalue weighted by molar-refractivity contribution is 7.90. The Labute approximate surface area is 101 Å². The van der Waals surface area contributed by atoms with Gasteiger partial charge in [-0.1, -0.05) is 6.07 Å². The first kappa shape index (κ1) is 12.1. The molecule has 0 radical (unpaired) electrons. The molecule has 0 saturated heterocycles. The van der Waals surface area contributed by atoms with Gasteiger partial charge in [-0.05, 0) is 11.4 Å². The van der Waals surface area contributed by atoms with E-state index in [1.165, 1.54) is 11.3 Å². The summed E-state index contributed by atoms with van der Waals surface area (Å²) >= 11 is 1.39. The van der Waals surface area contributed by atoms with E-state index >= 15 is 0 Å². The summed E-state index contributed by atoms with van der Waals surface area (Å²) < 4.78 is 27.9. The molecule has 2 heterocycles. The Kier molecular flexibility index (Phi) is 3.16. The van der Waals surface area contributed by atoms with Crippen molar-refractivity contribution in [1.82, 2.24) is 9.78 Å². The Morgan fingerprint density at radius 3 is 2.88 bits per heavy atom. The first-order valence-electron chi connectivity index (χ1n) is 4.75. The van der Waals surface area contributed by atoms with Gasteiger partial charge in [0.15, 0.2) is 0 Å². The minimum atomic E-state index is -3.12. The second kappa shape index (κ2) is 4.46. The molecule has 0 spiro atoms. The molecule has 0 aliphatic carbocycles. The predicted molar refractivity (Wildman–Crippen MR) is 63.8 cm³/mol. The molecule has 0 atom stereocenters. The van der Waals surface area contributed by atoms with Gasteiger partial charge in [-0.3, -0.25) is 0 Å². The minimum absolute atomic E-state index is 0.00649. The van der Waals surface area contributed by atoms with E-state index in [4.69, 9.17) is 4.42 Å². The van der Waals surface area contributed by atoms with Crippen LogP contribution in [0, 0.1) is 0 Å². The van der Waals surface area contributed by atoms with Gasteiger partial charge in [0.25, 0.3) is 5.89 Å². The van der Waals surface area contributed by atoms with E-state index in [0.29, 0.717) is 0 Å². The topological polar surface area (TPSA) is 82.2 Å². The molecule has 0 bridgehead atoms.